The molecule has 2 aromatic carbocycles. The Bertz CT molecular complexity index is 1300. The van der Waals surface area contributed by atoms with Gasteiger partial charge in [-0.05, 0) is 62.6 Å². The van der Waals surface area contributed by atoms with Crippen molar-refractivity contribution in [3.05, 3.63) is 77.4 Å². The summed E-state index contributed by atoms with van der Waals surface area (Å²) in [6.45, 7) is 9.78. The van der Waals surface area contributed by atoms with Crippen molar-refractivity contribution in [2.75, 3.05) is 13.2 Å². The van der Waals surface area contributed by atoms with Crippen molar-refractivity contribution >= 4 is 15.7 Å². The highest BCUT2D eigenvalue weighted by Gasteiger charge is 2.56. The van der Waals surface area contributed by atoms with Crippen LogP contribution < -0.4 is 4.83 Å². The van der Waals surface area contributed by atoms with Crippen LogP contribution >= 0.6 is 0 Å². The van der Waals surface area contributed by atoms with Crippen molar-refractivity contribution in [2.24, 2.45) is 28.3 Å². The average Bonchev–Trinajstić information content (AvgIpc) is 3.37. The third kappa shape index (κ3) is 6.05. The van der Waals surface area contributed by atoms with Crippen molar-refractivity contribution in [1.82, 2.24) is 4.83 Å². The van der Waals surface area contributed by atoms with Crippen LogP contribution in [0.4, 0.5) is 0 Å². The normalized spacial score (nSPS) is 27.3. The predicted molar refractivity (Wildman–Crippen MR) is 150 cm³/mol. The molecule has 2 aromatic rings. The smallest absolute Gasteiger partial charge is 0.276 e. The zero-order chi connectivity index (χ0) is 27.0. The molecule has 2 saturated carbocycles. The third-order valence-electron chi connectivity index (χ3n) is 8.16. The van der Waals surface area contributed by atoms with Gasteiger partial charge < -0.3 is 9.47 Å². The highest BCUT2D eigenvalue weighted by molar-refractivity contribution is 7.89. The van der Waals surface area contributed by atoms with E-state index in [1.54, 1.807) is 24.3 Å². The second-order valence-corrected chi connectivity index (χ2v) is 13.8. The van der Waals surface area contributed by atoms with E-state index in [0.717, 1.165) is 43.4 Å². The first kappa shape index (κ1) is 27.1. The Balaban J connectivity index is 1.33. The predicted octanol–water partition coefficient (Wildman–Crippen LogP) is 5.94. The molecule has 6 nitrogen and oxygen atoms in total. The number of hydrogen-bond donors (Lipinski definition) is 1. The molecule has 1 N–H and O–H groups in total. The molecule has 2 aliphatic carbocycles. The minimum absolute atomic E-state index is 0.0267. The molecule has 0 unspecified atom stereocenters. The van der Waals surface area contributed by atoms with Crippen LogP contribution in [-0.2, 0) is 25.9 Å². The quantitative estimate of drug-likeness (QED) is 0.351. The van der Waals surface area contributed by atoms with Gasteiger partial charge in [-0.15, -0.1) is 0 Å². The molecule has 5 rings (SSSR count). The molecule has 1 spiro atoms. The molecule has 1 heterocycles. The SMILES string of the molecule is Cc1ccc(S(=O)(=O)N/N=C2\C[C@@H]3CC4(C[C@@H]3[C@H]2/C=C/CCc2cccc(C)c2)OCC(C)(C)CO4)cc1. The van der Waals surface area contributed by atoms with Gasteiger partial charge in [-0.2, -0.15) is 13.5 Å². The molecular weight excluding hydrogens is 496 g/mol. The van der Waals surface area contributed by atoms with E-state index in [-0.39, 0.29) is 16.2 Å². The first-order valence-corrected chi connectivity index (χ1v) is 15.2. The molecule has 7 heteroatoms. The maximum atomic E-state index is 12.9. The fraction of sp³-hybridized carbons (Fsp3) is 0.516. The minimum atomic E-state index is -3.73. The second kappa shape index (κ2) is 10.6. The van der Waals surface area contributed by atoms with Crippen molar-refractivity contribution in [3.63, 3.8) is 0 Å². The van der Waals surface area contributed by atoms with Crippen LogP contribution in [0, 0.1) is 37.0 Å². The highest BCUT2D eigenvalue weighted by atomic mass is 32.2. The van der Waals surface area contributed by atoms with E-state index in [4.69, 9.17) is 9.47 Å². The Labute approximate surface area is 227 Å². The van der Waals surface area contributed by atoms with E-state index in [2.05, 4.69) is 67.1 Å². The highest BCUT2D eigenvalue weighted by Crippen LogP contribution is 2.54. The van der Waals surface area contributed by atoms with E-state index >= 15 is 0 Å². The fourth-order valence-corrected chi connectivity index (χ4v) is 6.89. The number of sulfonamides is 1. The van der Waals surface area contributed by atoms with Crippen LogP contribution in [0.5, 0.6) is 0 Å². The van der Waals surface area contributed by atoms with Crippen molar-refractivity contribution in [1.29, 1.82) is 0 Å². The number of fused-ring (bicyclic) bond motifs is 1. The fourth-order valence-electron chi connectivity index (χ4n) is 6.05. The van der Waals surface area contributed by atoms with Gasteiger partial charge in [0.25, 0.3) is 10.0 Å². The third-order valence-corrected chi connectivity index (χ3v) is 9.39. The van der Waals surface area contributed by atoms with E-state index < -0.39 is 15.8 Å². The number of ether oxygens (including phenoxy) is 2. The Morgan fingerprint density at radius 1 is 1.03 bits per heavy atom. The van der Waals surface area contributed by atoms with Crippen LogP contribution in [0.1, 0.15) is 56.2 Å². The van der Waals surface area contributed by atoms with Crippen molar-refractivity contribution in [2.45, 2.75) is 70.5 Å². The summed E-state index contributed by atoms with van der Waals surface area (Å²) >= 11 is 0. The zero-order valence-corrected chi connectivity index (χ0v) is 23.8. The maximum Gasteiger partial charge on any atom is 0.276 e. The van der Waals surface area contributed by atoms with Gasteiger partial charge >= 0.3 is 0 Å². The van der Waals surface area contributed by atoms with Gasteiger partial charge in [0.2, 0.25) is 0 Å². The number of hydrazone groups is 1. The molecule has 3 fully saturated rings. The number of allylic oxidation sites excluding steroid dienone is 2. The summed E-state index contributed by atoms with van der Waals surface area (Å²) in [5.41, 5.74) is 4.53. The molecule has 0 radical (unpaired) electrons. The number of nitrogens with zero attached hydrogens (tertiary/aromatic N) is 1. The molecule has 0 amide bonds. The first-order valence-electron chi connectivity index (χ1n) is 13.7. The first-order chi connectivity index (χ1) is 18.0. The molecule has 3 atom stereocenters. The Hall–Kier alpha value is -2.48. The van der Waals surface area contributed by atoms with Gasteiger partial charge in [0, 0.05) is 29.9 Å². The summed E-state index contributed by atoms with van der Waals surface area (Å²) in [7, 11) is -3.73. The molecule has 1 saturated heterocycles. The van der Waals surface area contributed by atoms with Gasteiger partial charge in [0.15, 0.2) is 5.79 Å². The lowest BCUT2D eigenvalue weighted by atomic mass is 9.90. The molecular formula is C31H40N2O4S. The van der Waals surface area contributed by atoms with Crippen LogP contribution in [0.2, 0.25) is 0 Å². The Morgan fingerprint density at radius 3 is 2.47 bits per heavy atom. The summed E-state index contributed by atoms with van der Waals surface area (Å²) in [5.74, 6) is 0.199. The van der Waals surface area contributed by atoms with Gasteiger partial charge in [0.1, 0.15) is 0 Å². The summed E-state index contributed by atoms with van der Waals surface area (Å²) in [5, 5.41) is 4.51. The van der Waals surface area contributed by atoms with Gasteiger partial charge in [-0.3, -0.25) is 0 Å². The lowest BCUT2D eigenvalue weighted by Gasteiger charge is -2.42. The minimum Gasteiger partial charge on any atom is -0.349 e. The lowest BCUT2D eigenvalue weighted by Crippen LogP contribution is -2.46. The van der Waals surface area contributed by atoms with E-state index in [0.29, 0.717) is 25.0 Å². The number of benzene rings is 2. The number of nitrogens with one attached hydrogen (secondary N) is 1. The van der Waals surface area contributed by atoms with Crippen LogP contribution in [0.3, 0.4) is 0 Å². The largest absolute Gasteiger partial charge is 0.349 e. The van der Waals surface area contributed by atoms with Gasteiger partial charge in [-0.1, -0.05) is 73.5 Å². The monoisotopic (exact) mass is 536 g/mol. The molecule has 38 heavy (non-hydrogen) atoms. The van der Waals surface area contributed by atoms with E-state index in [9.17, 15) is 8.42 Å². The van der Waals surface area contributed by atoms with Crippen molar-refractivity contribution < 1.29 is 17.9 Å². The zero-order valence-electron chi connectivity index (χ0n) is 22.9. The van der Waals surface area contributed by atoms with Crippen molar-refractivity contribution in [3.8, 4) is 0 Å². The van der Waals surface area contributed by atoms with Crippen LogP contribution in [0.15, 0.2) is 70.7 Å². The molecule has 204 valence electrons. The summed E-state index contributed by atoms with van der Waals surface area (Å²) in [4.78, 5) is 2.75. The lowest BCUT2D eigenvalue weighted by molar-refractivity contribution is -0.297. The van der Waals surface area contributed by atoms with Gasteiger partial charge in [-0.25, -0.2) is 4.83 Å². The Morgan fingerprint density at radius 2 is 1.76 bits per heavy atom. The van der Waals surface area contributed by atoms with E-state index in [1.165, 1.54) is 11.1 Å². The van der Waals surface area contributed by atoms with Crippen LogP contribution in [0.25, 0.3) is 0 Å². The number of rotatable bonds is 7. The topological polar surface area (TPSA) is 77.0 Å². The summed E-state index contributed by atoms with van der Waals surface area (Å²) < 4.78 is 38.5. The summed E-state index contributed by atoms with van der Waals surface area (Å²) in [6.07, 6.45) is 8.74. The Kier molecular flexibility index (Phi) is 7.55. The second-order valence-electron chi connectivity index (χ2n) is 12.2. The standard InChI is InChI=1S/C31H40N2O4S/c1-22-12-14-26(15-13-22)38(34,35)33-32-29-17-25-18-31(36-20-30(3,4)21-37-31)19-28(25)27(29)11-6-5-9-24-10-7-8-23(2)16-24/h6-8,10-16,25,27-28,33H,5,9,17-21H2,1-4H3/b11-6+,32-29+/t25-,27-,28+/m1/s1. The van der Waals surface area contributed by atoms with Crippen LogP contribution in [-0.4, -0.2) is 33.1 Å². The summed E-state index contributed by atoms with van der Waals surface area (Å²) in [6, 6.07) is 15.4. The average molecular weight is 537 g/mol. The molecule has 0 bridgehead atoms. The molecule has 3 aliphatic rings. The van der Waals surface area contributed by atoms with E-state index in [1.807, 2.05) is 6.92 Å². The molecule has 0 aromatic heterocycles. The number of aryl methyl sites for hydroxylation is 3. The number of hydrogen-bond acceptors (Lipinski definition) is 5. The maximum absolute atomic E-state index is 12.9. The van der Waals surface area contributed by atoms with Gasteiger partial charge in [0.05, 0.1) is 18.1 Å². The molecule has 1 aliphatic heterocycles.